The Balaban J connectivity index is 1.84. The van der Waals surface area contributed by atoms with Crippen molar-refractivity contribution < 1.29 is 35.2 Å². The molecule has 40 heavy (non-hydrogen) atoms. The van der Waals surface area contributed by atoms with Crippen LogP contribution in [0.15, 0.2) is 12.3 Å². The van der Waals surface area contributed by atoms with Gasteiger partial charge in [0.25, 0.3) is 12.3 Å². The van der Waals surface area contributed by atoms with Crippen LogP contribution in [0.2, 0.25) is 0 Å². The standard InChI is InChI=1S/C26H36F5N5O3S/c1-6-36-21(19-14-33-17(11-18(19)22(27)28)12-24(3,4)26(29,30)31)15(2)20(35-36)23(37)34-13-16-7-9-25(32,10-8-16)40(5,38)39/h11,14,16,22H,6-10,12-13,32H2,1-5H3,(H,34,37). The lowest BCUT2D eigenvalue weighted by Crippen LogP contribution is -2.50. The highest BCUT2D eigenvalue weighted by Gasteiger charge is 2.47. The maximum atomic E-state index is 14.1. The summed E-state index contributed by atoms with van der Waals surface area (Å²) in [6.07, 6.45) is -4.31. The first-order chi connectivity index (χ1) is 18.3. The molecule has 1 aliphatic rings. The molecule has 2 aromatic rings. The Hall–Kier alpha value is -2.61. The molecule has 2 heterocycles. The molecule has 1 amide bonds. The third-order valence-corrected chi connectivity index (χ3v) is 9.70. The quantitative estimate of drug-likeness (QED) is 0.397. The molecule has 8 nitrogen and oxygen atoms in total. The van der Waals surface area contributed by atoms with Gasteiger partial charge in [-0.3, -0.25) is 14.5 Å². The second-order valence-electron chi connectivity index (χ2n) is 11.3. The lowest BCUT2D eigenvalue weighted by atomic mass is 9.86. The molecular weight excluding hydrogens is 557 g/mol. The van der Waals surface area contributed by atoms with E-state index >= 15 is 0 Å². The second-order valence-corrected chi connectivity index (χ2v) is 13.6. The summed E-state index contributed by atoms with van der Waals surface area (Å²) in [4.78, 5) is 15.8. The first-order valence-corrected chi connectivity index (χ1v) is 14.9. The predicted molar refractivity (Wildman–Crippen MR) is 140 cm³/mol. The normalized spacial score (nSPS) is 20.6. The smallest absolute Gasteiger partial charge is 0.350 e. The van der Waals surface area contributed by atoms with Gasteiger partial charge in [-0.2, -0.15) is 18.3 Å². The van der Waals surface area contributed by atoms with Crippen LogP contribution >= 0.6 is 0 Å². The van der Waals surface area contributed by atoms with Crippen LogP contribution in [0.25, 0.3) is 11.3 Å². The summed E-state index contributed by atoms with van der Waals surface area (Å²) in [7, 11) is -3.42. The lowest BCUT2D eigenvalue weighted by molar-refractivity contribution is -0.211. The van der Waals surface area contributed by atoms with Crippen molar-refractivity contribution in [3.05, 3.63) is 34.8 Å². The van der Waals surface area contributed by atoms with Crippen molar-refractivity contribution in [3.63, 3.8) is 0 Å². The highest BCUT2D eigenvalue weighted by Crippen LogP contribution is 2.41. The van der Waals surface area contributed by atoms with Crippen molar-refractivity contribution in [2.45, 2.75) is 83.8 Å². The van der Waals surface area contributed by atoms with Gasteiger partial charge in [0, 0.05) is 54.3 Å². The van der Waals surface area contributed by atoms with Gasteiger partial charge in [-0.15, -0.1) is 0 Å². The summed E-state index contributed by atoms with van der Waals surface area (Å²) in [5, 5.41) is 7.12. The molecule has 0 aromatic carbocycles. The number of alkyl halides is 5. The number of aryl methyl sites for hydroxylation is 1. The zero-order chi connectivity index (χ0) is 30.3. The molecule has 0 spiro atoms. The fraction of sp³-hybridized carbons (Fsp3) is 0.654. The molecule has 0 saturated heterocycles. The van der Waals surface area contributed by atoms with E-state index in [0.717, 1.165) is 32.4 Å². The van der Waals surface area contributed by atoms with E-state index in [1.165, 1.54) is 4.68 Å². The molecule has 0 bridgehead atoms. The van der Waals surface area contributed by atoms with E-state index in [2.05, 4.69) is 15.4 Å². The summed E-state index contributed by atoms with van der Waals surface area (Å²) in [5.41, 5.74) is 3.84. The van der Waals surface area contributed by atoms with E-state index in [4.69, 9.17) is 5.73 Å². The van der Waals surface area contributed by atoms with Crippen LogP contribution in [-0.2, 0) is 22.8 Å². The second kappa shape index (κ2) is 11.3. The van der Waals surface area contributed by atoms with E-state index in [-0.39, 0.29) is 54.5 Å². The van der Waals surface area contributed by atoms with Gasteiger partial charge in [-0.25, -0.2) is 17.2 Å². The van der Waals surface area contributed by atoms with Crippen LogP contribution in [0.3, 0.4) is 0 Å². The number of pyridine rings is 1. The number of carbonyl (C=O) groups excluding carboxylic acids is 1. The molecule has 14 heteroatoms. The van der Waals surface area contributed by atoms with Gasteiger partial charge in [0.15, 0.2) is 15.5 Å². The fourth-order valence-corrected chi connectivity index (χ4v) is 5.92. The molecule has 3 N–H and O–H groups in total. The molecule has 0 unspecified atom stereocenters. The lowest BCUT2D eigenvalue weighted by Gasteiger charge is -2.35. The van der Waals surface area contributed by atoms with Gasteiger partial charge in [0.2, 0.25) is 0 Å². The first kappa shape index (κ1) is 31.9. The van der Waals surface area contributed by atoms with Crippen LogP contribution in [0.1, 0.15) is 80.2 Å². The minimum Gasteiger partial charge on any atom is -0.350 e. The number of nitrogens with one attached hydrogen (secondary N) is 1. The summed E-state index contributed by atoms with van der Waals surface area (Å²) < 4.78 is 93.7. The first-order valence-electron chi connectivity index (χ1n) is 13.0. The zero-order valence-corrected chi connectivity index (χ0v) is 24.0. The zero-order valence-electron chi connectivity index (χ0n) is 23.2. The Morgan fingerprint density at radius 3 is 2.35 bits per heavy atom. The molecule has 1 fully saturated rings. The Morgan fingerprint density at radius 2 is 1.85 bits per heavy atom. The van der Waals surface area contributed by atoms with Gasteiger partial charge in [0.05, 0.1) is 11.1 Å². The summed E-state index contributed by atoms with van der Waals surface area (Å²) in [5.74, 6) is -0.507. The SMILES string of the molecule is CCn1nc(C(=O)NCC2CCC(N)(S(C)(=O)=O)CC2)c(C)c1-c1cnc(CC(C)(C)C(F)(F)F)cc1C(F)F. The minimum atomic E-state index is -4.54. The monoisotopic (exact) mass is 593 g/mol. The van der Waals surface area contributed by atoms with Crippen molar-refractivity contribution in [2.24, 2.45) is 17.1 Å². The number of halogens is 5. The minimum absolute atomic E-state index is 0.0122. The average Bonchev–Trinajstić information content (AvgIpc) is 3.18. The van der Waals surface area contributed by atoms with Crippen molar-refractivity contribution in [2.75, 3.05) is 12.8 Å². The maximum Gasteiger partial charge on any atom is 0.394 e. The van der Waals surface area contributed by atoms with E-state index in [1.807, 2.05) is 0 Å². The van der Waals surface area contributed by atoms with Gasteiger partial charge >= 0.3 is 6.18 Å². The van der Waals surface area contributed by atoms with Gasteiger partial charge in [-0.1, -0.05) is 13.8 Å². The van der Waals surface area contributed by atoms with Crippen LogP contribution in [0.4, 0.5) is 22.0 Å². The van der Waals surface area contributed by atoms with E-state index < -0.39 is 50.6 Å². The Morgan fingerprint density at radius 1 is 1.25 bits per heavy atom. The number of aromatic nitrogens is 3. The van der Waals surface area contributed by atoms with Gasteiger partial charge in [-0.05, 0) is 51.5 Å². The molecule has 224 valence electrons. The van der Waals surface area contributed by atoms with E-state index in [9.17, 15) is 35.2 Å². The molecule has 1 saturated carbocycles. The van der Waals surface area contributed by atoms with E-state index in [0.29, 0.717) is 18.4 Å². The van der Waals surface area contributed by atoms with Crippen LogP contribution in [0.5, 0.6) is 0 Å². The number of nitrogens with zero attached hydrogens (tertiary/aromatic N) is 3. The highest BCUT2D eigenvalue weighted by molar-refractivity contribution is 7.92. The third kappa shape index (κ3) is 6.48. The number of amides is 1. The van der Waals surface area contributed by atoms with Crippen LogP contribution in [-0.4, -0.2) is 52.9 Å². The van der Waals surface area contributed by atoms with Crippen LogP contribution < -0.4 is 11.1 Å². The topological polar surface area (TPSA) is 120 Å². The number of hydrogen-bond donors (Lipinski definition) is 2. The van der Waals surface area contributed by atoms with Crippen molar-refractivity contribution in [1.82, 2.24) is 20.1 Å². The predicted octanol–water partition coefficient (Wildman–Crippen LogP) is 4.96. The molecule has 2 aromatic heterocycles. The highest BCUT2D eigenvalue weighted by atomic mass is 32.2. The number of carbonyl (C=O) groups is 1. The Bertz CT molecular complexity index is 1350. The average molecular weight is 594 g/mol. The van der Waals surface area contributed by atoms with E-state index in [1.54, 1.807) is 13.8 Å². The molecule has 1 aliphatic carbocycles. The van der Waals surface area contributed by atoms with Gasteiger partial charge < -0.3 is 11.1 Å². The van der Waals surface area contributed by atoms with Crippen molar-refractivity contribution in [3.8, 4) is 11.3 Å². The molecule has 0 aliphatic heterocycles. The fourth-order valence-electron chi connectivity index (χ4n) is 4.94. The number of rotatable bonds is 9. The molecule has 0 radical (unpaired) electrons. The summed E-state index contributed by atoms with van der Waals surface area (Å²) >= 11 is 0. The molecule has 3 rings (SSSR count). The molecular formula is C26H36F5N5O3S. The summed E-state index contributed by atoms with van der Waals surface area (Å²) in [6, 6.07) is 0.983. The number of nitrogens with two attached hydrogens (primary N) is 1. The summed E-state index contributed by atoms with van der Waals surface area (Å²) in [6.45, 7) is 5.75. The van der Waals surface area contributed by atoms with Gasteiger partial charge in [0.1, 0.15) is 4.87 Å². The molecule has 0 atom stereocenters. The Labute approximate surface area is 230 Å². The third-order valence-electron chi connectivity index (χ3n) is 7.82. The number of sulfone groups is 1. The number of hydrogen-bond acceptors (Lipinski definition) is 6. The van der Waals surface area contributed by atoms with Crippen LogP contribution in [0, 0.1) is 18.3 Å². The van der Waals surface area contributed by atoms with Crippen molar-refractivity contribution in [1.29, 1.82) is 0 Å². The maximum absolute atomic E-state index is 14.1. The largest absolute Gasteiger partial charge is 0.394 e. The van der Waals surface area contributed by atoms with Crippen molar-refractivity contribution >= 4 is 15.7 Å². The Kier molecular flexibility index (Phi) is 9.05.